The highest BCUT2D eigenvalue weighted by Crippen LogP contribution is 2.10. The minimum absolute atomic E-state index is 0.152. The molecular formula is C5H10BNO. The molecule has 0 aliphatic carbocycles. The number of hydrogen-bond donors (Lipinski definition) is 2. The van der Waals surface area contributed by atoms with E-state index in [9.17, 15) is 0 Å². The highest BCUT2D eigenvalue weighted by atomic mass is 16.3. The van der Waals surface area contributed by atoms with Crippen LogP contribution < -0.4 is 5.32 Å². The van der Waals surface area contributed by atoms with Gasteiger partial charge in [-0.15, -0.1) is 0 Å². The van der Waals surface area contributed by atoms with Crippen LogP contribution in [-0.4, -0.2) is 32.1 Å². The smallest absolute Gasteiger partial charge is 0.0718 e. The fraction of sp³-hybridized carbons (Fsp3) is 1.00. The van der Waals surface area contributed by atoms with Gasteiger partial charge in [-0.3, -0.25) is 0 Å². The number of aliphatic hydroxyl groups excluding tert-OH is 1. The molecule has 0 aromatic rings. The summed E-state index contributed by atoms with van der Waals surface area (Å²) in [5.41, 5.74) is 0. The van der Waals surface area contributed by atoms with Gasteiger partial charge in [-0.2, -0.15) is 0 Å². The maximum absolute atomic E-state index is 8.94. The number of nitrogens with one attached hydrogen (secondary N) is 1. The second kappa shape index (κ2) is 2.51. The summed E-state index contributed by atoms with van der Waals surface area (Å²) in [4.78, 5) is 0. The fourth-order valence-corrected chi connectivity index (χ4v) is 0.951. The summed E-state index contributed by atoms with van der Waals surface area (Å²) in [6.07, 6.45) is 0.520. The molecule has 0 spiro atoms. The summed E-state index contributed by atoms with van der Waals surface area (Å²) in [6, 6.07) is 0. The van der Waals surface area contributed by atoms with Gasteiger partial charge in [0, 0.05) is 6.54 Å². The quantitative estimate of drug-likeness (QED) is 0.405. The van der Waals surface area contributed by atoms with Crippen molar-refractivity contribution in [2.24, 2.45) is 0 Å². The van der Waals surface area contributed by atoms with Crippen LogP contribution in [0.4, 0.5) is 0 Å². The molecule has 0 bridgehead atoms. The second-order valence-electron chi connectivity index (χ2n) is 2.31. The maximum atomic E-state index is 8.94. The highest BCUT2D eigenvalue weighted by molar-refractivity contribution is 6.11. The van der Waals surface area contributed by atoms with Crippen molar-refractivity contribution in [2.75, 3.05) is 13.1 Å². The topological polar surface area (TPSA) is 32.3 Å². The number of rotatable bonds is 0. The average Bonchev–Trinajstić information content (AvgIpc) is 1.64. The first-order chi connectivity index (χ1) is 3.79. The molecule has 2 unspecified atom stereocenters. The predicted molar refractivity (Wildman–Crippen MR) is 33.0 cm³/mol. The molecule has 0 aromatic heterocycles. The van der Waals surface area contributed by atoms with E-state index in [1.807, 2.05) is 0 Å². The predicted octanol–water partition coefficient (Wildman–Crippen LogP) is -0.702. The fourth-order valence-electron chi connectivity index (χ4n) is 0.951. The molecule has 2 radical (unpaired) electrons. The monoisotopic (exact) mass is 111 g/mol. The van der Waals surface area contributed by atoms with Crippen LogP contribution >= 0.6 is 0 Å². The highest BCUT2D eigenvalue weighted by Gasteiger charge is 2.14. The van der Waals surface area contributed by atoms with Crippen molar-refractivity contribution >= 4 is 7.85 Å². The normalized spacial score (nSPS) is 39.6. The van der Waals surface area contributed by atoms with Crippen molar-refractivity contribution in [1.29, 1.82) is 0 Å². The molecular weight excluding hydrogens is 101 g/mol. The summed E-state index contributed by atoms with van der Waals surface area (Å²) in [5, 5.41) is 11.9. The van der Waals surface area contributed by atoms with Crippen LogP contribution in [0.5, 0.6) is 0 Å². The van der Waals surface area contributed by atoms with Crippen molar-refractivity contribution in [2.45, 2.75) is 18.3 Å². The zero-order chi connectivity index (χ0) is 5.98. The lowest BCUT2D eigenvalue weighted by atomic mass is 9.81. The van der Waals surface area contributed by atoms with E-state index in [-0.39, 0.29) is 11.9 Å². The molecule has 1 heterocycles. The Hall–Kier alpha value is -0.0151. The first kappa shape index (κ1) is 6.11. The number of hydrogen-bond acceptors (Lipinski definition) is 2. The molecule has 0 aromatic carbocycles. The Balaban J connectivity index is 2.23. The Bertz CT molecular complexity index is 70.8. The third kappa shape index (κ3) is 1.49. The molecule has 2 N–H and O–H groups in total. The van der Waals surface area contributed by atoms with Crippen molar-refractivity contribution < 1.29 is 5.11 Å². The van der Waals surface area contributed by atoms with Crippen LogP contribution in [0.25, 0.3) is 0 Å². The van der Waals surface area contributed by atoms with E-state index in [0.29, 0.717) is 6.54 Å². The summed E-state index contributed by atoms with van der Waals surface area (Å²) in [7, 11) is 5.50. The lowest BCUT2D eigenvalue weighted by Crippen LogP contribution is -2.36. The molecule has 3 heteroatoms. The van der Waals surface area contributed by atoms with E-state index >= 15 is 0 Å². The molecule has 8 heavy (non-hydrogen) atoms. The van der Waals surface area contributed by atoms with Gasteiger partial charge in [-0.25, -0.2) is 0 Å². The standard InChI is InChI=1S/C5H10BNO/c6-4-1-5(8)3-7-2-4/h4-5,7-8H,1-3H2. The van der Waals surface area contributed by atoms with E-state index in [4.69, 9.17) is 13.0 Å². The molecule has 1 aliphatic heterocycles. The van der Waals surface area contributed by atoms with E-state index in [1.165, 1.54) is 0 Å². The van der Waals surface area contributed by atoms with Crippen LogP contribution in [0.1, 0.15) is 6.42 Å². The van der Waals surface area contributed by atoms with Crippen LogP contribution in [-0.2, 0) is 0 Å². The Labute approximate surface area is 50.7 Å². The largest absolute Gasteiger partial charge is 0.392 e. The first-order valence-electron chi connectivity index (χ1n) is 2.93. The van der Waals surface area contributed by atoms with Gasteiger partial charge in [0.15, 0.2) is 0 Å². The van der Waals surface area contributed by atoms with Gasteiger partial charge in [0.25, 0.3) is 0 Å². The van der Waals surface area contributed by atoms with E-state index in [0.717, 1.165) is 13.0 Å². The second-order valence-corrected chi connectivity index (χ2v) is 2.31. The zero-order valence-corrected chi connectivity index (χ0v) is 4.80. The molecule has 1 fully saturated rings. The Morgan fingerprint density at radius 3 is 2.62 bits per heavy atom. The van der Waals surface area contributed by atoms with Crippen LogP contribution in [0.2, 0.25) is 5.82 Å². The van der Waals surface area contributed by atoms with Gasteiger partial charge >= 0.3 is 0 Å². The van der Waals surface area contributed by atoms with Crippen LogP contribution in [0, 0.1) is 0 Å². The molecule has 1 saturated heterocycles. The molecule has 0 amide bonds. The third-order valence-corrected chi connectivity index (χ3v) is 1.36. The van der Waals surface area contributed by atoms with Crippen LogP contribution in [0.15, 0.2) is 0 Å². The Morgan fingerprint density at radius 2 is 2.25 bits per heavy atom. The molecule has 2 nitrogen and oxygen atoms in total. The number of aliphatic hydroxyl groups is 1. The van der Waals surface area contributed by atoms with Gasteiger partial charge in [-0.05, 0) is 13.0 Å². The van der Waals surface area contributed by atoms with E-state index in [1.54, 1.807) is 0 Å². The molecule has 0 saturated carbocycles. The maximum Gasteiger partial charge on any atom is 0.0718 e. The summed E-state index contributed by atoms with van der Waals surface area (Å²) in [6.45, 7) is 1.55. The average molecular weight is 111 g/mol. The SMILES string of the molecule is [B]C1CNCC(O)C1. The molecule has 1 aliphatic rings. The third-order valence-electron chi connectivity index (χ3n) is 1.36. The molecule has 1 rings (SSSR count). The van der Waals surface area contributed by atoms with E-state index < -0.39 is 0 Å². The Kier molecular flexibility index (Phi) is 1.92. The summed E-state index contributed by atoms with van der Waals surface area (Å²) in [5.74, 6) is 0.152. The minimum Gasteiger partial charge on any atom is -0.392 e. The lowest BCUT2D eigenvalue weighted by molar-refractivity contribution is 0.143. The van der Waals surface area contributed by atoms with Crippen molar-refractivity contribution in [1.82, 2.24) is 5.32 Å². The van der Waals surface area contributed by atoms with E-state index in [2.05, 4.69) is 5.32 Å². The minimum atomic E-state index is -0.223. The van der Waals surface area contributed by atoms with Crippen molar-refractivity contribution in [3.8, 4) is 0 Å². The van der Waals surface area contributed by atoms with Crippen LogP contribution in [0.3, 0.4) is 0 Å². The molecule has 44 valence electrons. The van der Waals surface area contributed by atoms with Gasteiger partial charge in [0.05, 0.1) is 14.0 Å². The Morgan fingerprint density at radius 1 is 1.50 bits per heavy atom. The lowest BCUT2D eigenvalue weighted by Gasteiger charge is -2.23. The number of piperidine rings is 1. The number of β-amino-alcohol motifs (C(OH)–C–C–N with tert-alkyl or cyclic N) is 1. The van der Waals surface area contributed by atoms with Crippen molar-refractivity contribution in [3.05, 3.63) is 0 Å². The first-order valence-corrected chi connectivity index (χ1v) is 2.93. The summed E-state index contributed by atoms with van der Waals surface area (Å²) < 4.78 is 0. The molecule has 2 atom stereocenters. The van der Waals surface area contributed by atoms with Gasteiger partial charge in [0.1, 0.15) is 0 Å². The van der Waals surface area contributed by atoms with Gasteiger partial charge in [-0.1, -0.05) is 5.82 Å². The zero-order valence-electron chi connectivity index (χ0n) is 4.80. The van der Waals surface area contributed by atoms with Gasteiger partial charge < -0.3 is 10.4 Å². The van der Waals surface area contributed by atoms with Gasteiger partial charge in [0.2, 0.25) is 0 Å². The summed E-state index contributed by atoms with van der Waals surface area (Å²) >= 11 is 0. The van der Waals surface area contributed by atoms with Crippen molar-refractivity contribution in [3.63, 3.8) is 0 Å².